The summed E-state index contributed by atoms with van der Waals surface area (Å²) in [6.45, 7) is 8.08. The fourth-order valence-electron chi connectivity index (χ4n) is 3.57. The third-order valence-corrected chi connectivity index (χ3v) is 8.59. The standard InChI is InChI=1S/C19H26N2O3S2/c1-5-14(6-2)18(22)20-19-21(15-8-7-12(3)13(4)9-15)16-10-26(23,24)11-17(16)25-19/h7-9,14,16-17H,5-6,10-11H2,1-4H3. The van der Waals surface area contributed by atoms with E-state index in [2.05, 4.69) is 11.1 Å². The fraction of sp³-hybridized carbons (Fsp3) is 0.579. The molecule has 2 saturated heterocycles. The molecule has 2 heterocycles. The van der Waals surface area contributed by atoms with E-state index in [-0.39, 0.29) is 34.6 Å². The van der Waals surface area contributed by atoms with Crippen molar-refractivity contribution in [1.82, 2.24) is 0 Å². The Morgan fingerprint density at radius 1 is 1.23 bits per heavy atom. The Balaban J connectivity index is 2.01. The van der Waals surface area contributed by atoms with Crippen molar-refractivity contribution in [3.8, 4) is 0 Å². The normalized spacial score (nSPS) is 25.9. The molecule has 2 atom stereocenters. The second kappa shape index (κ2) is 7.35. The molecule has 1 aromatic carbocycles. The lowest BCUT2D eigenvalue weighted by Gasteiger charge is -2.25. The molecule has 0 spiro atoms. The van der Waals surface area contributed by atoms with Gasteiger partial charge in [0, 0.05) is 16.9 Å². The van der Waals surface area contributed by atoms with E-state index < -0.39 is 9.84 Å². The van der Waals surface area contributed by atoms with E-state index in [0.717, 1.165) is 24.1 Å². The highest BCUT2D eigenvalue weighted by Crippen LogP contribution is 2.41. The average molecular weight is 395 g/mol. The van der Waals surface area contributed by atoms with Crippen LogP contribution >= 0.6 is 11.8 Å². The van der Waals surface area contributed by atoms with Crippen molar-refractivity contribution in [2.24, 2.45) is 10.9 Å². The Morgan fingerprint density at radius 2 is 1.92 bits per heavy atom. The molecule has 1 aromatic rings. The van der Waals surface area contributed by atoms with E-state index in [1.165, 1.54) is 17.3 Å². The Hall–Kier alpha value is -1.34. The van der Waals surface area contributed by atoms with Crippen molar-refractivity contribution < 1.29 is 13.2 Å². The van der Waals surface area contributed by atoms with Gasteiger partial charge in [0.2, 0.25) is 0 Å². The van der Waals surface area contributed by atoms with E-state index in [1.54, 1.807) is 0 Å². The number of aryl methyl sites for hydroxylation is 2. The van der Waals surface area contributed by atoms with Gasteiger partial charge in [-0.1, -0.05) is 31.7 Å². The molecule has 5 nitrogen and oxygen atoms in total. The number of thioether (sulfide) groups is 1. The van der Waals surface area contributed by atoms with Gasteiger partial charge in [0.05, 0.1) is 17.5 Å². The molecule has 2 aliphatic heterocycles. The summed E-state index contributed by atoms with van der Waals surface area (Å²) >= 11 is 1.44. The second-order valence-corrected chi connectivity index (χ2v) is 10.5. The lowest BCUT2D eigenvalue weighted by atomic mass is 10.0. The molecule has 3 rings (SSSR count). The van der Waals surface area contributed by atoms with Crippen LogP contribution in [0.2, 0.25) is 0 Å². The first-order chi connectivity index (χ1) is 12.3. The Labute approximate surface area is 160 Å². The maximum absolute atomic E-state index is 12.6. The predicted octanol–water partition coefficient (Wildman–Crippen LogP) is 3.34. The Bertz CT molecular complexity index is 844. The number of carbonyl (C=O) groups excluding carboxylic acids is 1. The largest absolute Gasteiger partial charge is 0.316 e. The van der Waals surface area contributed by atoms with Gasteiger partial charge in [-0.15, -0.1) is 0 Å². The molecule has 142 valence electrons. The quantitative estimate of drug-likeness (QED) is 0.783. The van der Waals surface area contributed by atoms with Crippen molar-refractivity contribution in [2.45, 2.75) is 51.8 Å². The molecule has 2 fully saturated rings. The molecule has 7 heteroatoms. The predicted molar refractivity (Wildman–Crippen MR) is 109 cm³/mol. The minimum absolute atomic E-state index is 0.0603. The van der Waals surface area contributed by atoms with Gasteiger partial charge in [0.25, 0.3) is 5.91 Å². The van der Waals surface area contributed by atoms with Crippen molar-refractivity contribution in [2.75, 3.05) is 16.4 Å². The van der Waals surface area contributed by atoms with Crippen LogP contribution in [0.3, 0.4) is 0 Å². The number of benzene rings is 1. The van der Waals surface area contributed by atoms with Gasteiger partial charge in [0.15, 0.2) is 15.0 Å². The van der Waals surface area contributed by atoms with E-state index in [9.17, 15) is 13.2 Å². The monoisotopic (exact) mass is 394 g/mol. The zero-order valence-electron chi connectivity index (χ0n) is 15.7. The van der Waals surface area contributed by atoms with Gasteiger partial charge in [-0.25, -0.2) is 8.42 Å². The number of hydrogen-bond donors (Lipinski definition) is 0. The molecule has 2 aliphatic rings. The molecular weight excluding hydrogens is 368 g/mol. The van der Waals surface area contributed by atoms with Crippen LogP contribution in [0, 0.1) is 19.8 Å². The minimum atomic E-state index is -3.04. The van der Waals surface area contributed by atoms with E-state index >= 15 is 0 Å². The third-order valence-electron chi connectivity index (χ3n) is 5.38. The van der Waals surface area contributed by atoms with E-state index in [4.69, 9.17) is 0 Å². The fourth-order valence-corrected chi connectivity index (χ4v) is 7.48. The smallest absolute Gasteiger partial charge is 0.251 e. The lowest BCUT2D eigenvalue weighted by Crippen LogP contribution is -2.38. The molecule has 0 N–H and O–H groups in total. The Morgan fingerprint density at radius 3 is 2.54 bits per heavy atom. The highest BCUT2D eigenvalue weighted by molar-refractivity contribution is 8.16. The maximum Gasteiger partial charge on any atom is 0.251 e. The zero-order valence-corrected chi connectivity index (χ0v) is 17.4. The maximum atomic E-state index is 12.6. The summed E-state index contributed by atoms with van der Waals surface area (Å²) in [6, 6.07) is 5.93. The molecular formula is C19H26N2O3S2. The third kappa shape index (κ3) is 3.69. The molecule has 0 aromatic heterocycles. The van der Waals surface area contributed by atoms with Crippen molar-refractivity contribution in [3.05, 3.63) is 29.3 Å². The molecule has 0 bridgehead atoms. The van der Waals surface area contributed by atoms with Crippen molar-refractivity contribution in [1.29, 1.82) is 0 Å². The van der Waals surface area contributed by atoms with Crippen LogP contribution in [0.5, 0.6) is 0 Å². The minimum Gasteiger partial charge on any atom is -0.316 e. The second-order valence-electron chi connectivity index (χ2n) is 7.19. The lowest BCUT2D eigenvalue weighted by molar-refractivity contribution is -0.121. The summed E-state index contributed by atoms with van der Waals surface area (Å²) in [7, 11) is -3.04. The number of hydrogen-bond acceptors (Lipinski definition) is 4. The van der Waals surface area contributed by atoms with Crippen LogP contribution in [-0.4, -0.2) is 42.3 Å². The van der Waals surface area contributed by atoms with Gasteiger partial charge in [-0.05, 0) is 49.9 Å². The first-order valence-electron chi connectivity index (χ1n) is 9.11. The number of amides is 1. The van der Waals surface area contributed by atoms with E-state index in [0.29, 0.717) is 5.17 Å². The van der Waals surface area contributed by atoms with Gasteiger partial charge >= 0.3 is 0 Å². The molecule has 2 unspecified atom stereocenters. The first kappa shape index (κ1) is 19.4. The highest BCUT2D eigenvalue weighted by atomic mass is 32.2. The summed E-state index contributed by atoms with van der Waals surface area (Å²) in [5, 5.41) is 0.588. The average Bonchev–Trinajstić information content (AvgIpc) is 3.02. The van der Waals surface area contributed by atoms with Gasteiger partial charge in [-0.2, -0.15) is 4.99 Å². The first-order valence-corrected chi connectivity index (χ1v) is 11.8. The van der Waals surface area contributed by atoms with Gasteiger partial charge < -0.3 is 4.90 Å². The van der Waals surface area contributed by atoms with Crippen molar-refractivity contribution in [3.63, 3.8) is 0 Å². The van der Waals surface area contributed by atoms with Crippen molar-refractivity contribution >= 4 is 38.4 Å². The number of sulfone groups is 1. The molecule has 1 amide bonds. The number of anilines is 1. The molecule has 26 heavy (non-hydrogen) atoms. The van der Waals surface area contributed by atoms with Gasteiger partial charge in [0.1, 0.15) is 0 Å². The van der Waals surface area contributed by atoms with Crippen LogP contribution in [0.25, 0.3) is 0 Å². The summed E-state index contributed by atoms with van der Waals surface area (Å²) < 4.78 is 24.3. The number of carbonyl (C=O) groups is 1. The van der Waals surface area contributed by atoms with Crippen LogP contribution in [0.1, 0.15) is 37.8 Å². The van der Waals surface area contributed by atoms with Crippen LogP contribution < -0.4 is 4.90 Å². The molecule has 0 aliphatic carbocycles. The topological polar surface area (TPSA) is 66.8 Å². The molecule has 0 radical (unpaired) electrons. The van der Waals surface area contributed by atoms with Gasteiger partial charge in [-0.3, -0.25) is 4.79 Å². The van der Waals surface area contributed by atoms with Crippen LogP contribution in [0.4, 0.5) is 5.69 Å². The molecule has 0 saturated carbocycles. The van der Waals surface area contributed by atoms with Crippen LogP contribution in [-0.2, 0) is 14.6 Å². The summed E-state index contributed by atoms with van der Waals surface area (Å²) in [5.74, 6) is 0.0977. The SMILES string of the molecule is CCC(CC)C(=O)N=C1SC2CS(=O)(=O)CC2N1c1ccc(C)c(C)c1. The summed E-state index contributed by atoms with van der Waals surface area (Å²) in [4.78, 5) is 19.0. The summed E-state index contributed by atoms with van der Waals surface area (Å²) in [5.41, 5.74) is 3.24. The van der Waals surface area contributed by atoms with E-state index in [1.807, 2.05) is 44.7 Å². The number of rotatable bonds is 4. The van der Waals surface area contributed by atoms with Crippen LogP contribution in [0.15, 0.2) is 23.2 Å². The number of fused-ring (bicyclic) bond motifs is 1. The zero-order chi connectivity index (χ0) is 19.1. The number of amidine groups is 1. The highest BCUT2D eigenvalue weighted by Gasteiger charge is 2.49. The number of aliphatic imine (C=N–C) groups is 1. The Kier molecular flexibility index (Phi) is 5.49. The number of nitrogens with zero attached hydrogens (tertiary/aromatic N) is 2. The summed E-state index contributed by atoms with van der Waals surface area (Å²) in [6.07, 6.45) is 1.53.